The minimum atomic E-state index is -1.37. The van der Waals surface area contributed by atoms with Crippen molar-refractivity contribution >= 4 is 23.3 Å². The molecule has 0 heterocycles. The standard InChI is InChI=1S/C11H12N2O6/c1-2-19-6-10(14)12-9-4-3-7(13(17)18)5-8(9)11(15)16/h3-5H,2,6H2,1H3,(H,12,14)(H,15,16). The molecule has 0 aliphatic carbocycles. The minimum absolute atomic E-state index is 0.0113. The third-order valence-electron chi connectivity index (χ3n) is 2.16. The molecule has 2 N–H and O–H groups in total. The van der Waals surface area contributed by atoms with Crippen LogP contribution in [0.2, 0.25) is 0 Å². The summed E-state index contributed by atoms with van der Waals surface area (Å²) in [6.07, 6.45) is 0. The number of nitrogens with one attached hydrogen (secondary N) is 1. The molecule has 0 radical (unpaired) electrons. The molecule has 0 unspecified atom stereocenters. The number of carbonyl (C=O) groups is 2. The number of anilines is 1. The van der Waals surface area contributed by atoms with Gasteiger partial charge in [0, 0.05) is 18.7 Å². The van der Waals surface area contributed by atoms with E-state index >= 15 is 0 Å². The molecule has 1 aromatic rings. The van der Waals surface area contributed by atoms with Crippen molar-refractivity contribution in [3.05, 3.63) is 33.9 Å². The first-order valence-electron chi connectivity index (χ1n) is 5.35. The van der Waals surface area contributed by atoms with Gasteiger partial charge >= 0.3 is 5.97 Å². The van der Waals surface area contributed by atoms with Gasteiger partial charge in [-0.15, -0.1) is 0 Å². The number of carbonyl (C=O) groups excluding carboxylic acids is 1. The number of nitro benzene ring substituents is 1. The second kappa shape index (κ2) is 6.45. The fourth-order valence-electron chi connectivity index (χ4n) is 1.31. The number of aromatic carboxylic acids is 1. The van der Waals surface area contributed by atoms with Crippen LogP contribution in [0.4, 0.5) is 11.4 Å². The smallest absolute Gasteiger partial charge is 0.338 e. The SMILES string of the molecule is CCOCC(=O)Nc1ccc([N+](=O)[O-])cc1C(=O)O. The monoisotopic (exact) mass is 268 g/mol. The third kappa shape index (κ3) is 4.03. The number of hydrogen-bond donors (Lipinski definition) is 2. The number of rotatable bonds is 6. The Morgan fingerprint density at radius 1 is 1.47 bits per heavy atom. The van der Waals surface area contributed by atoms with Crippen molar-refractivity contribution in [2.24, 2.45) is 0 Å². The minimum Gasteiger partial charge on any atom is -0.478 e. The predicted molar refractivity (Wildman–Crippen MR) is 65.2 cm³/mol. The van der Waals surface area contributed by atoms with E-state index in [9.17, 15) is 19.7 Å². The maximum Gasteiger partial charge on any atom is 0.338 e. The van der Waals surface area contributed by atoms with Gasteiger partial charge in [0.05, 0.1) is 16.2 Å². The molecule has 0 atom stereocenters. The molecular formula is C11H12N2O6. The Balaban J connectivity index is 2.97. The highest BCUT2D eigenvalue weighted by Crippen LogP contribution is 2.22. The van der Waals surface area contributed by atoms with E-state index in [1.54, 1.807) is 6.92 Å². The van der Waals surface area contributed by atoms with E-state index in [-0.39, 0.29) is 23.5 Å². The Morgan fingerprint density at radius 3 is 2.68 bits per heavy atom. The lowest BCUT2D eigenvalue weighted by Crippen LogP contribution is -2.20. The van der Waals surface area contributed by atoms with E-state index in [4.69, 9.17) is 9.84 Å². The van der Waals surface area contributed by atoms with E-state index in [1.807, 2.05) is 0 Å². The van der Waals surface area contributed by atoms with Crippen LogP contribution in [0.5, 0.6) is 0 Å². The maximum absolute atomic E-state index is 11.4. The zero-order valence-electron chi connectivity index (χ0n) is 10.1. The lowest BCUT2D eigenvalue weighted by Gasteiger charge is -2.08. The van der Waals surface area contributed by atoms with Gasteiger partial charge in [0.25, 0.3) is 5.69 Å². The van der Waals surface area contributed by atoms with E-state index in [1.165, 1.54) is 6.07 Å². The summed E-state index contributed by atoms with van der Waals surface area (Å²) >= 11 is 0. The van der Waals surface area contributed by atoms with Crippen molar-refractivity contribution in [3.63, 3.8) is 0 Å². The number of amides is 1. The van der Waals surface area contributed by atoms with Crippen molar-refractivity contribution in [2.45, 2.75) is 6.92 Å². The molecule has 1 amide bonds. The fourth-order valence-corrected chi connectivity index (χ4v) is 1.31. The Morgan fingerprint density at radius 2 is 2.16 bits per heavy atom. The van der Waals surface area contributed by atoms with E-state index in [0.29, 0.717) is 6.61 Å². The van der Waals surface area contributed by atoms with Crippen molar-refractivity contribution in [3.8, 4) is 0 Å². The highest BCUT2D eigenvalue weighted by Gasteiger charge is 2.17. The molecule has 1 rings (SSSR count). The molecule has 0 aliphatic rings. The Labute approximate surface area is 108 Å². The molecule has 8 nitrogen and oxygen atoms in total. The van der Waals surface area contributed by atoms with Gasteiger partial charge in [0.15, 0.2) is 0 Å². The van der Waals surface area contributed by atoms with Crippen LogP contribution in [0, 0.1) is 10.1 Å². The first-order valence-corrected chi connectivity index (χ1v) is 5.35. The lowest BCUT2D eigenvalue weighted by atomic mass is 10.1. The number of nitro groups is 1. The summed E-state index contributed by atoms with van der Waals surface area (Å²) in [6, 6.07) is 3.17. The normalized spacial score (nSPS) is 9.95. The largest absolute Gasteiger partial charge is 0.478 e. The second-order valence-electron chi connectivity index (χ2n) is 3.48. The molecule has 8 heteroatoms. The molecule has 0 saturated carbocycles. The average molecular weight is 268 g/mol. The first-order chi connectivity index (χ1) is 8.95. The maximum atomic E-state index is 11.4. The molecule has 19 heavy (non-hydrogen) atoms. The van der Waals surface area contributed by atoms with Crippen LogP contribution in [-0.4, -0.2) is 35.1 Å². The van der Waals surface area contributed by atoms with Gasteiger partial charge in [0.1, 0.15) is 6.61 Å². The van der Waals surface area contributed by atoms with Crippen molar-refractivity contribution in [1.29, 1.82) is 0 Å². The van der Waals surface area contributed by atoms with Crippen LogP contribution in [0.25, 0.3) is 0 Å². The van der Waals surface area contributed by atoms with Gasteiger partial charge in [-0.3, -0.25) is 14.9 Å². The van der Waals surface area contributed by atoms with Crippen LogP contribution in [0.1, 0.15) is 17.3 Å². The lowest BCUT2D eigenvalue weighted by molar-refractivity contribution is -0.384. The van der Waals surface area contributed by atoms with Gasteiger partial charge in [-0.05, 0) is 13.0 Å². The highest BCUT2D eigenvalue weighted by molar-refractivity contribution is 6.01. The summed E-state index contributed by atoms with van der Waals surface area (Å²) in [6.45, 7) is 1.84. The summed E-state index contributed by atoms with van der Waals surface area (Å²) in [5.41, 5.74) is -0.720. The molecule has 0 saturated heterocycles. The van der Waals surface area contributed by atoms with Crippen LogP contribution < -0.4 is 5.32 Å². The quantitative estimate of drug-likeness (QED) is 0.592. The average Bonchev–Trinajstić information content (AvgIpc) is 2.36. The van der Waals surface area contributed by atoms with E-state index < -0.39 is 16.8 Å². The van der Waals surface area contributed by atoms with Gasteiger partial charge in [-0.1, -0.05) is 0 Å². The van der Waals surface area contributed by atoms with Crippen LogP contribution in [-0.2, 0) is 9.53 Å². The molecule has 102 valence electrons. The summed E-state index contributed by atoms with van der Waals surface area (Å²) in [5.74, 6) is -1.89. The van der Waals surface area contributed by atoms with Gasteiger partial charge in [-0.2, -0.15) is 0 Å². The van der Waals surface area contributed by atoms with Crippen LogP contribution >= 0.6 is 0 Å². The Bertz CT molecular complexity index is 514. The molecule has 0 aromatic heterocycles. The number of ether oxygens (including phenoxy) is 1. The topological polar surface area (TPSA) is 119 Å². The zero-order chi connectivity index (χ0) is 14.4. The summed E-state index contributed by atoms with van der Waals surface area (Å²) in [4.78, 5) is 32.2. The summed E-state index contributed by atoms with van der Waals surface area (Å²) in [7, 11) is 0. The highest BCUT2D eigenvalue weighted by atomic mass is 16.6. The Kier molecular flexibility index (Phi) is 4.95. The van der Waals surface area contributed by atoms with Crippen molar-refractivity contribution in [2.75, 3.05) is 18.5 Å². The molecule has 0 bridgehead atoms. The second-order valence-corrected chi connectivity index (χ2v) is 3.48. The molecule has 0 aliphatic heterocycles. The zero-order valence-corrected chi connectivity index (χ0v) is 10.1. The molecular weight excluding hydrogens is 256 g/mol. The number of nitrogens with zero attached hydrogens (tertiary/aromatic N) is 1. The van der Waals surface area contributed by atoms with E-state index in [2.05, 4.69) is 5.32 Å². The number of hydrogen-bond acceptors (Lipinski definition) is 5. The van der Waals surface area contributed by atoms with Gasteiger partial charge in [0.2, 0.25) is 5.91 Å². The first kappa shape index (κ1) is 14.6. The number of benzene rings is 1. The molecule has 1 aromatic carbocycles. The van der Waals surface area contributed by atoms with E-state index in [0.717, 1.165) is 12.1 Å². The Hall–Kier alpha value is -2.48. The molecule has 0 fully saturated rings. The summed E-state index contributed by atoms with van der Waals surface area (Å²) in [5, 5.41) is 21.8. The van der Waals surface area contributed by atoms with Gasteiger partial charge in [-0.25, -0.2) is 4.79 Å². The third-order valence-corrected chi connectivity index (χ3v) is 2.16. The van der Waals surface area contributed by atoms with Gasteiger partial charge < -0.3 is 15.2 Å². The number of non-ortho nitro benzene ring substituents is 1. The van der Waals surface area contributed by atoms with Crippen molar-refractivity contribution in [1.82, 2.24) is 0 Å². The summed E-state index contributed by atoms with van der Waals surface area (Å²) < 4.78 is 4.86. The number of carboxylic acids is 1. The van der Waals surface area contributed by atoms with Crippen LogP contribution in [0.3, 0.4) is 0 Å². The number of carboxylic acid groups (broad SMARTS) is 1. The fraction of sp³-hybridized carbons (Fsp3) is 0.273. The van der Waals surface area contributed by atoms with Crippen LogP contribution in [0.15, 0.2) is 18.2 Å². The van der Waals surface area contributed by atoms with Crippen molar-refractivity contribution < 1.29 is 24.4 Å². The molecule has 0 spiro atoms. The predicted octanol–water partition coefficient (Wildman–Crippen LogP) is 1.27.